The number of para-hydroxylation sites is 1. The molecule has 1 N–H and O–H groups in total. The van der Waals surface area contributed by atoms with Gasteiger partial charge in [-0.15, -0.1) is 0 Å². The summed E-state index contributed by atoms with van der Waals surface area (Å²) in [5.74, 6) is 1.17. The van der Waals surface area contributed by atoms with Crippen LogP contribution in [0.3, 0.4) is 0 Å². The van der Waals surface area contributed by atoms with Crippen molar-refractivity contribution in [3.63, 3.8) is 0 Å². The largest absolute Gasteiger partial charge is 0.356 e. The van der Waals surface area contributed by atoms with Crippen LogP contribution in [0.2, 0.25) is 0 Å². The molecule has 3 rings (SSSR count). The summed E-state index contributed by atoms with van der Waals surface area (Å²) in [6.07, 6.45) is 2.56. The van der Waals surface area contributed by atoms with Gasteiger partial charge >= 0.3 is 0 Å². The van der Waals surface area contributed by atoms with E-state index in [2.05, 4.69) is 61.3 Å². The maximum atomic E-state index is 4.94. The van der Waals surface area contributed by atoms with E-state index in [1.165, 1.54) is 29.6 Å². The van der Waals surface area contributed by atoms with Gasteiger partial charge in [0, 0.05) is 36.1 Å². The molecule has 2 heterocycles. The molecule has 0 aliphatic carbocycles. The highest BCUT2D eigenvalue weighted by molar-refractivity contribution is 5.81. The minimum atomic E-state index is 0.119. The Kier molecular flexibility index (Phi) is 3.85. The Morgan fingerprint density at radius 3 is 2.57 bits per heavy atom. The molecule has 0 saturated carbocycles. The first kappa shape index (κ1) is 14.3. The van der Waals surface area contributed by atoms with Crippen molar-refractivity contribution >= 4 is 16.7 Å². The van der Waals surface area contributed by atoms with E-state index >= 15 is 0 Å². The molecule has 0 radical (unpaired) electrons. The fourth-order valence-electron chi connectivity index (χ4n) is 2.84. The summed E-state index contributed by atoms with van der Waals surface area (Å²) in [5, 5.41) is 4.83. The summed E-state index contributed by atoms with van der Waals surface area (Å²) in [6.45, 7) is 9.75. The molecule has 0 atom stereocenters. The summed E-state index contributed by atoms with van der Waals surface area (Å²) in [5.41, 5.74) is 2.53. The highest BCUT2D eigenvalue weighted by atomic mass is 15.2. The van der Waals surface area contributed by atoms with Crippen molar-refractivity contribution in [1.29, 1.82) is 0 Å². The van der Waals surface area contributed by atoms with Crippen molar-refractivity contribution in [2.24, 2.45) is 0 Å². The van der Waals surface area contributed by atoms with E-state index in [0.29, 0.717) is 0 Å². The van der Waals surface area contributed by atoms with Gasteiger partial charge in [0.25, 0.3) is 0 Å². The number of anilines is 1. The number of benzene rings is 1. The van der Waals surface area contributed by atoms with Gasteiger partial charge in [0.2, 0.25) is 0 Å². The lowest BCUT2D eigenvalue weighted by Crippen LogP contribution is -2.35. The average molecular weight is 283 g/mol. The molecule has 112 valence electrons. The SMILES string of the molecule is CC(C)(C)NCc1cc2ccccc2nc1N1CCCC1. The third-order valence-electron chi connectivity index (χ3n) is 3.99. The first-order chi connectivity index (χ1) is 10.0. The monoisotopic (exact) mass is 283 g/mol. The van der Waals surface area contributed by atoms with Crippen LogP contribution in [-0.2, 0) is 6.54 Å². The molecule has 1 aliphatic heterocycles. The molecule has 1 aliphatic rings. The number of nitrogens with zero attached hydrogens (tertiary/aromatic N) is 2. The van der Waals surface area contributed by atoms with Gasteiger partial charge in [0.15, 0.2) is 0 Å². The van der Waals surface area contributed by atoms with Crippen molar-refractivity contribution < 1.29 is 0 Å². The molecule has 0 amide bonds. The molecule has 0 unspecified atom stereocenters. The van der Waals surface area contributed by atoms with Crippen LogP contribution in [0.1, 0.15) is 39.2 Å². The Labute approximate surface area is 127 Å². The molecular weight excluding hydrogens is 258 g/mol. The van der Waals surface area contributed by atoms with Crippen LogP contribution >= 0.6 is 0 Å². The standard InChI is InChI=1S/C18H25N3/c1-18(2,3)19-13-15-12-14-8-4-5-9-16(14)20-17(15)21-10-6-7-11-21/h4-5,8-9,12,19H,6-7,10-11,13H2,1-3H3. The Morgan fingerprint density at radius 2 is 1.86 bits per heavy atom. The lowest BCUT2D eigenvalue weighted by molar-refractivity contribution is 0.424. The van der Waals surface area contributed by atoms with E-state index in [1.807, 2.05) is 0 Å². The molecule has 0 spiro atoms. The highest BCUT2D eigenvalue weighted by Crippen LogP contribution is 2.26. The van der Waals surface area contributed by atoms with Gasteiger partial charge in [0.05, 0.1) is 5.52 Å². The third-order valence-corrected chi connectivity index (χ3v) is 3.99. The quantitative estimate of drug-likeness (QED) is 0.930. The second kappa shape index (κ2) is 5.64. The zero-order valence-corrected chi connectivity index (χ0v) is 13.3. The number of rotatable bonds is 3. The first-order valence-electron chi connectivity index (χ1n) is 7.92. The van der Waals surface area contributed by atoms with Crippen molar-refractivity contribution in [2.45, 2.75) is 45.7 Å². The molecule has 1 saturated heterocycles. The molecule has 21 heavy (non-hydrogen) atoms. The molecule has 3 heteroatoms. The topological polar surface area (TPSA) is 28.2 Å². The second-order valence-corrected chi connectivity index (χ2v) is 6.96. The zero-order valence-electron chi connectivity index (χ0n) is 13.3. The molecule has 1 aromatic carbocycles. The van der Waals surface area contributed by atoms with E-state index in [4.69, 9.17) is 4.98 Å². The minimum Gasteiger partial charge on any atom is -0.356 e. The van der Waals surface area contributed by atoms with Crippen molar-refractivity contribution in [1.82, 2.24) is 10.3 Å². The van der Waals surface area contributed by atoms with Crippen LogP contribution in [0.15, 0.2) is 30.3 Å². The summed E-state index contributed by atoms with van der Waals surface area (Å²) < 4.78 is 0. The number of aromatic nitrogens is 1. The first-order valence-corrected chi connectivity index (χ1v) is 7.92. The number of hydrogen-bond donors (Lipinski definition) is 1. The fraction of sp³-hybridized carbons (Fsp3) is 0.500. The van der Waals surface area contributed by atoms with Crippen LogP contribution in [-0.4, -0.2) is 23.6 Å². The fourth-order valence-corrected chi connectivity index (χ4v) is 2.84. The maximum Gasteiger partial charge on any atom is 0.133 e. The number of nitrogens with one attached hydrogen (secondary N) is 1. The van der Waals surface area contributed by atoms with Crippen LogP contribution in [0.25, 0.3) is 10.9 Å². The predicted octanol–water partition coefficient (Wildman–Crippen LogP) is 3.72. The molecule has 1 fully saturated rings. The predicted molar refractivity (Wildman–Crippen MR) is 89.8 cm³/mol. The van der Waals surface area contributed by atoms with Gasteiger partial charge in [-0.25, -0.2) is 4.98 Å². The van der Waals surface area contributed by atoms with Crippen molar-refractivity contribution in [3.05, 3.63) is 35.9 Å². The lowest BCUT2D eigenvalue weighted by Gasteiger charge is -2.25. The maximum absolute atomic E-state index is 4.94. The van der Waals surface area contributed by atoms with E-state index in [-0.39, 0.29) is 5.54 Å². The Bertz CT molecular complexity index is 622. The van der Waals surface area contributed by atoms with Crippen LogP contribution < -0.4 is 10.2 Å². The number of pyridine rings is 1. The normalized spacial score (nSPS) is 15.9. The second-order valence-electron chi connectivity index (χ2n) is 6.96. The summed E-state index contributed by atoms with van der Waals surface area (Å²) in [7, 11) is 0. The number of hydrogen-bond acceptors (Lipinski definition) is 3. The van der Waals surface area contributed by atoms with Gasteiger partial charge in [-0.2, -0.15) is 0 Å². The minimum absolute atomic E-state index is 0.119. The number of fused-ring (bicyclic) bond motifs is 1. The molecule has 3 nitrogen and oxygen atoms in total. The smallest absolute Gasteiger partial charge is 0.133 e. The summed E-state index contributed by atoms with van der Waals surface area (Å²) in [6, 6.07) is 10.7. The van der Waals surface area contributed by atoms with E-state index < -0.39 is 0 Å². The molecule has 2 aromatic rings. The van der Waals surface area contributed by atoms with Gasteiger partial charge in [-0.3, -0.25) is 0 Å². The van der Waals surface area contributed by atoms with Crippen LogP contribution in [0.5, 0.6) is 0 Å². The van der Waals surface area contributed by atoms with Crippen LogP contribution in [0, 0.1) is 0 Å². The zero-order chi connectivity index (χ0) is 14.9. The summed E-state index contributed by atoms with van der Waals surface area (Å²) in [4.78, 5) is 7.38. The lowest BCUT2D eigenvalue weighted by atomic mass is 10.1. The van der Waals surface area contributed by atoms with Gasteiger partial charge in [0.1, 0.15) is 5.82 Å². The highest BCUT2D eigenvalue weighted by Gasteiger charge is 2.19. The Morgan fingerprint density at radius 1 is 1.14 bits per heavy atom. The van der Waals surface area contributed by atoms with Gasteiger partial charge in [-0.05, 0) is 45.7 Å². The average Bonchev–Trinajstić information content (AvgIpc) is 2.97. The molecular formula is C18H25N3. The third kappa shape index (κ3) is 3.35. The van der Waals surface area contributed by atoms with E-state index in [9.17, 15) is 0 Å². The van der Waals surface area contributed by atoms with E-state index in [0.717, 1.165) is 25.2 Å². The van der Waals surface area contributed by atoms with Crippen molar-refractivity contribution in [2.75, 3.05) is 18.0 Å². The van der Waals surface area contributed by atoms with Gasteiger partial charge in [-0.1, -0.05) is 18.2 Å². The molecule has 1 aromatic heterocycles. The van der Waals surface area contributed by atoms with Crippen molar-refractivity contribution in [3.8, 4) is 0 Å². The van der Waals surface area contributed by atoms with E-state index in [1.54, 1.807) is 0 Å². The summed E-state index contributed by atoms with van der Waals surface area (Å²) >= 11 is 0. The van der Waals surface area contributed by atoms with Gasteiger partial charge < -0.3 is 10.2 Å². The molecule has 0 bridgehead atoms. The Balaban J connectivity index is 1.99. The Hall–Kier alpha value is -1.61. The van der Waals surface area contributed by atoms with Crippen LogP contribution in [0.4, 0.5) is 5.82 Å².